The molecular weight excluding hydrogens is 324 g/mol. The summed E-state index contributed by atoms with van der Waals surface area (Å²) in [7, 11) is 0. The third-order valence-corrected chi connectivity index (χ3v) is 4.64. The SMILES string of the molecule is O=C(O)C1CC(N2CC(c3ccc(Br)cc3)NC2=O)C1. The summed E-state index contributed by atoms with van der Waals surface area (Å²) in [5.41, 5.74) is 1.07. The Morgan fingerprint density at radius 1 is 1.30 bits per heavy atom. The van der Waals surface area contributed by atoms with Gasteiger partial charge in [0, 0.05) is 17.1 Å². The van der Waals surface area contributed by atoms with E-state index in [1.807, 2.05) is 24.3 Å². The summed E-state index contributed by atoms with van der Waals surface area (Å²) in [5.74, 6) is -1.05. The van der Waals surface area contributed by atoms with Crippen molar-refractivity contribution in [1.29, 1.82) is 0 Å². The van der Waals surface area contributed by atoms with Crippen LogP contribution in [0.4, 0.5) is 4.79 Å². The molecule has 2 aliphatic rings. The Kier molecular flexibility index (Phi) is 3.41. The van der Waals surface area contributed by atoms with Gasteiger partial charge in [0.1, 0.15) is 0 Å². The molecule has 1 aromatic carbocycles. The molecule has 1 saturated carbocycles. The molecule has 6 heteroatoms. The predicted octanol–water partition coefficient (Wildman–Crippen LogP) is 2.38. The van der Waals surface area contributed by atoms with Gasteiger partial charge in [0.2, 0.25) is 0 Å². The van der Waals surface area contributed by atoms with E-state index in [0.29, 0.717) is 19.4 Å². The Morgan fingerprint density at radius 3 is 2.55 bits per heavy atom. The number of nitrogens with one attached hydrogen (secondary N) is 1. The lowest BCUT2D eigenvalue weighted by Gasteiger charge is -2.38. The molecule has 5 nitrogen and oxygen atoms in total. The van der Waals surface area contributed by atoms with Gasteiger partial charge in [-0.05, 0) is 30.5 Å². The van der Waals surface area contributed by atoms with Gasteiger partial charge in [-0.25, -0.2) is 4.79 Å². The summed E-state index contributed by atoms with van der Waals surface area (Å²) in [5, 5.41) is 11.8. The van der Waals surface area contributed by atoms with Gasteiger partial charge < -0.3 is 15.3 Å². The molecule has 1 aliphatic carbocycles. The predicted molar refractivity (Wildman–Crippen MR) is 76.3 cm³/mol. The lowest BCUT2D eigenvalue weighted by molar-refractivity contribution is -0.146. The van der Waals surface area contributed by atoms with Crippen LogP contribution in [0, 0.1) is 5.92 Å². The number of carboxylic acids is 1. The van der Waals surface area contributed by atoms with E-state index in [0.717, 1.165) is 10.0 Å². The molecule has 1 heterocycles. The molecule has 0 bridgehead atoms. The van der Waals surface area contributed by atoms with E-state index in [2.05, 4.69) is 21.2 Å². The van der Waals surface area contributed by atoms with Crippen LogP contribution < -0.4 is 5.32 Å². The minimum absolute atomic E-state index is 0.0144. The maximum atomic E-state index is 12.0. The fourth-order valence-corrected chi connectivity index (χ4v) is 3.06. The molecule has 2 N–H and O–H groups in total. The summed E-state index contributed by atoms with van der Waals surface area (Å²) < 4.78 is 1.01. The number of carbonyl (C=O) groups is 2. The molecule has 1 atom stereocenters. The lowest BCUT2D eigenvalue weighted by atomic mass is 9.79. The van der Waals surface area contributed by atoms with Crippen LogP contribution in [-0.4, -0.2) is 34.6 Å². The second-order valence-corrected chi connectivity index (χ2v) is 6.28. The molecule has 1 unspecified atom stereocenters. The third kappa shape index (κ3) is 2.40. The second-order valence-electron chi connectivity index (χ2n) is 5.37. The standard InChI is InChI=1S/C14H15BrN2O3/c15-10-3-1-8(2-4-10)12-7-17(14(20)16-12)11-5-9(6-11)13(18)19/h1-4,9,11-12H,5-7H2,(H,16,20)(H,18,19). The number of amides is 2. The summed E-state index contributed by atoms with van der Waals surface area (Å²) >= 11 is 3.39. The highest BCUT2D eigenvalue weighted by Gasteiger charge is 2.43. The van der Waals surface area contributed by atoms with Crippen molar-refractivity contribution in [3.63, 3.8) is 0 Å². The monoisotopic (exact) mass is 338 g/mol. The van der Waals surface area contributed by atoms with E-state index >= 15 is 0 Å². The fraction of sp³-hybridized carbons (Fsp3) is 0.429. The topological polar surface area (TPSA) is 69.6 Å². The summed E-state index contributed by atoms with van der Waals surface area (Å²) in [6, 6.07) is 7.84. The van der Waals surface area contributed by atoms with Crippen molar-refractivity contribution in [3.8, 4) is 0 Å². The van der Waals surface area contributed by atoms with Crippen LogP contribution in [0.3, 0.4) is 0 Å². The Labute approximate surface area is 125 Å². The van der Waals surface area contributed by atoms with Gasteiger partial charge in [0.25, 0.3) is 0 Å². The van der Waals surface area contributed by atoms with Gasteiger partial charge in [-0.3, -0.25) is 4.79 Å². The third-order valence-electron chi connectivity index (χ3n) is 4.11. The van der Waals surface area contributed by atoms with Crippen LogP contribution in [-0.2, 0) is 4.79 Å². The van der Waals surface area contributed by atoms with E-state index in [4.69, 9.17) is 5.11 Å². The normalized spacial score (nSPS) is 28.9. The van der Waals surface area contributed by atoms with Gasteiger partial charge in [-0.2, -0.15) is 0 Å². The maximum absolute atomic E-state index is 12.0. The van der Waals surface area contributed by atoms with E-state index < -0.39 is 5.97 Å². The Bertz CT molecular complexity index is 540. The first-order valence-corrected chi connectivity index (χ1v) is 7.39. The van der Waals surface area contributed by atoms with Crippen LogP contribution in [0.25, 0.3) is 0 Å². The summed E-state index contributed by atoms with van der Waals surface area (Å²) in [6.07, 6.45) is 1.13. The highest BCUT2D eigenvalue weighted by atomic mass is 79.9. The molecule has 20 heavy (non-hydrogen) atoms. The molecule has 2 amide bonds. The van der Waals surface area contributed by atoms with Crippen LogP contribution >= 0.6 is 15.9 Å². The number of benzene rings is 1. The molecular formula is C14H15BrN2O3. The van der Waals surface area contributed by atoms with Crippen LogP contribution in [0.1, 0.15) is 24.4 Å². The molecule has 1 aromatic rings. The number of halogens is 1. The maximum Gasteiger partial charge on any atom is 0.318 e. The van der Waals surface area contributed by atoms with E-state index in [1.54, 1.807) is 4.90 Å². The van der Waals surface area contributed by atoms with Crippen LogP contribution in [0.2, 0.25) is 0 Å². The number of hydrogen-bond acceptors (Lipinski definition) is 2. The van der Waals surface area contributed by atoms with E-state index in [1.165, 1.54) is 0 Å². The van der Waals surface area contributed by atoms with Crippen molar-refractivity contribution in [1.82, 2.24) is 10.2 Å². The quantitative estimate of drug-likeness (QED) is 0.888. The number of carbonyl (C=O) groups excluding carboxylic acids is 1. The van der Waals surface area contributed by atoms with Crippen molar-refractivity contribution >= 4 is 27.9 Å². The number of carboxylic acid groups (broad SMARTS) is 1. The average Bonchev–Trinajstić information content (AvgIpc) is 2.70. The number of hydrogen-bond donors (Lipinski definition) is 2. The Morgan fingerprint density at radius 2 is 1.95 bits per heavy atom. The molecule has 3 rings (SSSR count). The minimum atomic E-state index is -0.759. The zero-order chi connectivity index (χ0) is 14.3. The van der Waals surface area contributed by atoms with Crippen LogP contribution in [0.15, 0.2) is 28.7 Å². The first kappa shape index (κ1) is 13.4. The van der Waals surface area contributed by atoms with Crippen LogP contribution in [0.5, 0.6) is 0 Å². The molecule has 1 saturated heterocycles. The number of rotatable bonds is 3. The molecule has 106 valence electrons. The summed E-state index contributed by atoms with van der Waals surface area (Å²) in [4.78, 5) is 24.6. The van der Waals surface area contributed by atoms with E-state index in [9.17, 15) is 9.59 Å². The van der Waals surface area contributed by atoms with Crippen molar-refractivity contribution in [2.75, 3.05) is 6.54 Å². The van der Waals surface area contributed by atoms with Gasteiger partial charge in [-0.15, -0.1) is 0 Å². The first-order chi connectivity index (χ1) is 9.54. The molecule has 1 aliphatic heterocycles. The molecule has 2 fully saturated rings. The molecule has 0 aromatic heterocycles. The zero-order valence-corrected chi connectivity index (χ0v) is 12.3. The zero-order valence-electron chi connectivity index (χ0n) is 10.8. The second kappa shape index (κ2) is 5.09. The van der Waals surface area contributed by atoms with Gasteiger partial charge >= 0.3 is 12.0 Å². The van der Waals surface area contributed by atoms with Crippen molar-refractivity contribution in [2.45, 2.75) is 24.9 Å². The van der Waals surface area contributed by atoms with Crippen molar-refractivity contribution in [3.05, 3.63) is 34.3 Å². The number of nitrogens with zero attached hydrogens (tertiary/aromatic N) is 1. The Hall–Kier alpha value is -1.56. The largest absolute Gasteiger partial charge is 0.481 e. The van der Waals surface area contributed by atoms with Gasteiger partial charge in [-0.1, -0.05) is 28.1 Å². The first-order valence-electron chi connectivity index (χ1n) is 6.60. The minimum Gasteiger partial charge on any atom is -0.481 e. The van der Waals surface area contributed by atoms with Crippen molar-refractivity contribution < 1.29 is 14.7 Å². The Balaban J connectivity index is 1.64. The highest BCUT2D eigenvalue weighted by Crippen LogP contribution is 2.35. The average molecular weight is 339 g/mol. The highest BCUT2D eigenvalue weighted by molar-refractivity contribution is 9.10. The van der Waals surface area contributed by atoms with Crippen molar-refractivity contribution in [2.24, 2.45) is 5.92 Å². The van der Waals surface area contributed by atoms with E-state index in [-0.39, 0.29) is 24.0 Å². The molecule has 0 spiro atoms. The summed E-state index contributed by atoms with van der Waals surface area (Å²) in [6.45, 7) is 0.609. The number of urea groups is 1. The smallest absolute Gasteiger partial charge is 0.318 e. The van der Waals surface area contributed by atoms with Gasteiger partial charge in [0.05, 0.1) is 12.0 Å². The fourth-order valence-electron chi connectivity index (χ4n) is 2.80. The number of aliphatic carboxylic acids is 1. The lowest BCUT2D eigenvalue weighted by Crippen LogP contribution is -2.48. The van der Waals surface area contributed by atoms with Gasteiger partial charge in [0.15, 0.2) is 0 Å². The molecule has 0 radical (unpaired) electrons.